The molecule has 17 heavy (non-hydrogen) atoms. The fraction of sp³-hybridized carbons (Fsp3) is 0.417. The Morgan fingerprint density at radius 2 is 2.41 bits per heavy atom. The lowest BCUT2D eigenvalue weighted by molar-refractivity contribution is 0.623. The number of hydrogen-bond acceptors (Lipinski definition) is 3. The Balaban J connectivity index is 1.61. The molecule has 2 N–H and O–H groups in total. The van der Waals surface area contributed by atoms with E-state index in [0.717, 1.165) is 35.0 Å². The molecule has 2 aromatic heterocycles. The molecule has 0 bridgehead atoms. The first-order chi connectivity index (χ1) is 8.31. The summed E-state index contributed by atoms with van der Waals surface area (Å²) in [5, 5.41) is 5.52. The highest BCUT2D eigenvalue weighted by atomic mass is 79.9. The van der Waals surface area contributed by atoms with Crippen LogP contribution >= 0.6 is 27.3 Å². The van der Waals surface area contributed by atoms with E-state index in [1.165, 1.54) is 17.7 Å². The molecular formula is C12H14BrN3S. The SMILES string of the molecule is Brc1csc(-c2cnc(CNCC3CC3)[nH]2)c1. The molecule has 1 saturated carbocycles. The highest BCUT2D eigenvalue weighted by Crippen LogP contribution is 2.29. The fourth-order valence-electron chi connectivity index (χ4n) is 1.75. The minimum Gasteiger partial charge on any atom is -0.340 e. The molecule has 0 unspecified atom stereocenters. The fourth-order valence-corrected chi connectivity index (χ4v) is 3.14. The van der Waals surface area contributed by atoms with Crippen molar-refractivity contribution in [2.45, 2.75) is 19.4 Å². The Kier molecular flexibility index (Phi) is 3.31. The Morgan fingerprint density at radius 1 is 1.53 bits per heavy atom. The van der Waals surface area contributed by atoms with Crippen LogP contribution < -0.4 is 5.32 Å². The third-order valence-corrected chi connectivity index (χ3v) is 4.61. The van der Waals surface area contributed by atoms with Gasteiger partial charge in [0.1, 0.15) is 5.82 Å². The summed E-state index contributed by atoms with van der Waals surface area (Å²) in [4.78, 5) is 8.97. The summed E-state index contributed by atoms with van der Waals surface area (Å²) < 4.78 is 1.13. The highest BCUT2D eigenvalue weighted by molar-refractivity contribution is 9.10. The molecule has 90 valence electrons. The summed E-state index contributed by atoms with van der Waals surface area (Å²) >= 11 is 5.18. The number of nitrogens with one attached hydrogen (secondary N) is 2. The molecule has 1 fully saturated rings. The maximum absolute atomic E-state index is 4.39. The van der Waals surface area contributed by atoms with E-state index < -0.39 is 0 Å². The van der Waals surface area contributed by atoms with Crippen LogP contribution in [0.4, 0.5) is 0 Å². The number of nitrogens with zero attached hydrogens (tertiary/aromatic N) is 1. The Hall–Kier alpha value is -0.650. The number of aromatic amines is 1. The van der Waals surface area contributed by atoms with E-state index in [1.807, 2.05) is 6.20 Å². The predicted octanol–water partition coefficient (Wildman–Crippen LogP) is 3.40. The maximum Gasteiger partial charge on any atom is 0.120 e. The van der Waals surface area contributed by atoms with Crippen molar-refractivity contribution in [3.8, 4) is 10.6 Å². The zero-order valence-electron chi connectivity index (χ0n) is 9.37. The van der Waals surface area contributed by atoms with Crippen molar-refractivity contribution in [3.05, 3.63) is 27.9 Å². The van der Waals surface area contributed by atoms with Gasteiger partial charge in [0.05, 0.1) is 23.3 Å². The number of aromatic nitrogens is 2. The predicted molar refractivity (Wildman–Crippen MR) is 74.0 cm³/mol. The van der Waals surface area contributed by atoms with Gasteiger partial charge in [0, 0.05) is 9.85 Å². The van der Waals surface area contributed by atoms with Gasteiger partial charge in [0.25, 0.3) is 0 Å². The molecule has 0 spiro atoms. The lowest BCUT2D eigenvalue weighted by Gasteiger charge is -1.99. The molecule has 0 amide bonds. The van der Waals surface area contributed by atoms with E-state index in [9.17, 15) is 0 Å². The quantitative estimate of drug-likeness (QED) is 0.888. The molecule has 1 aliphatic carbocycles. The van der Waals surface area contributed by atoms with Gasteiger partial charge in [-0.1, -0.05) is 0 Å². The van der Waals surface area contributed by atoms with Crippen molar-refractivity contribution in [1.29, 1.82) is 0 Å². The first kappa shape index (κ1) is 11.4. The number of H-pyrrole nitrogens is 1. The van der Waals surface area contributed by atoms with Crippen molar-refractivity contribution in [3.63, 3.8) is 0 Å². The van der Waals surface area contributed by atoms with Crippen LogP contribution in [0.3, 0.4) is 0 Å². The van der Waals surface area contributed by atoms with Crippen molar-refractivity contribution in [1.82, 2.24) is 15.3 Å². The summed E-state index contributed by atoms with van der Waals surface area (Å²) in [6.07, 6.45) is 4.69. The third kappa shape index (κ3) is 2.97. The van der Waals surface area contributed by atoms with Crippen LogP contribution in [-0.2, 0) is 6.54 Å². The molecular weight excluding hydrogens is 298 g/mol. The van der Waals surface area contributed by atoms with Crippen LogP contribution in [0.15, 0.2) is 22.1 Å². The van der Waals surface area contributed by atoms with E-state index in [-0.39, 0.29) is 0 Å². The number of imidazole rings is 1. The molecule has 1 aliphatic rings. The van der Waals surface area contributed by atoms with Crippen LogP contribution in [-0.4, -0.2) is 16.5 Å². The van der Waals surface area contributed by atoms with Crippen LogP contribution in [0.1, 0.15) is 18.7 Å². The van der Waals surface area contributed by atoms with Crippen molar-refractivity contribution in [2.24, 2.45) is 5.92 Å². The molecule has 2 heterocycles. The third-order valence-electron chi connectivity index (χ3n) is 2.88. The van der Waals surface area contributed by atoms with E-state index in [4.69, 9.17) is 0 Å². The Labute approximate surface area is 113 Å². The first-order valence-electron chi connectivity index (χ1n) is 5.80. The van der Waals surface area contributed by atoms with Gasteiger partial charge >= 0.3 is 0 Å². The number of hydrogen-bond donors (Lipinski definition) is 2. The summed E-state index contributed by atoms with van der Waals surface area (Å²) in [6.45, 7) is 1.96. The van der Waals surface area contributed by atoms with Gasteiger partial charge in [0.2, 0.25) is 0 Å². The second-order valence-electron chi connectivity index (χ2n) is 4.45. The van der Waals surface area contributed by atoms with Crippen LogP contribution in [0.5, 0.6) is 0 Å². The van der Waals surface area contributed by atoms with E-state index in [2.05, 4.69) is 42.7 Å². The monoisotopic (exact) mass is 311 g/mol. The van der Waals surface area contributed by atoms with Crippen LogP contribution in [0, 0.1) is 5.92 Å². The number of rotatable bonds is 5. The smallest absolute Gasteiger partial charge is 0.120 e. The van der Waals surface area contributed by atoms with Crippen molar-refractivity contribution >= 4 is 27.3 Å². The molecule has 0 radical (unpaired) electrons. The standard InChI is InChI=1S/C12H14BrN3S/c13-9-3-11(17-7-9)10-5-15-12(16-10)6-14-4-8-1-2-8/h3,5,7-8,14H,1-2,4,6H2,(H,15,16). The van der Waals surface area contributed by atoms with Gasteiger partial charge in [-0.2, -0.15) is 0 Å². The summed E-state index contributed by atoms with van der Waals surface area (Å²) in [7, 11) is 0. The van der Waals surface area contributed by atoms with Gasteiger partial charge in [-0.3, -0.25) is 0 Å². The van der Waals surface area contributed by atoms with Gasteiger partial charge < -0.3 is 10.3 Å². The molecule has 2 aromatic rings. The molecule has 0 atom stereocenters. The molecule has 3 nitrogen and oxygen atoms in total. The van der Waals surface area contributed by atoms with Crippen LogP contribution in [0.2, 0.25) is 0 Å². The summed E-state index contributed by atoms with van der Waals surface area (Å²) in [5.41, 5.74) is 1.10. The zero-order chi connectivity index (χ0) is 11.7. The van der Waals surface area contributed by atoms with Gasteiger partial charge in [0.15, 0.2) is 0 Å². The van der Waals surface area contributed by atoms with Gasteiger partial charge in [-0.25, -0.2) is 4.98 Å². The Morgan fingerprint density at radius 3 is 3.12 bits per heavy atom. The van der Waals surface area contributed by atoms with Gasteiger partial charge in [-0.15, -0.1) is 11.3 Å². The van der Waals surface area contributed by atoms with E-state index in [0.29, 0.717) is 0 Å². The normalized spacial score (nSPS) is 15.4. The minimum absolute atomic E-state index is 0.836. The van der Waals surface area contributed by atoms with E-state index >= 15 is 0 Å². The molecule has 0 aliphatic heterocycles. The minimum atomic E-state index is 0.836. The van der Waals surface area contributed by atoms with Crippen LogP contribution in [0.25, 0.3) is 10.6 Å². The summed E-state index contributed by atoms with van der Waals surface area (Å²) in [6, 6.07) is 2.11. The Bertz CT molecular complexity index is 501. The first-order valence-corrected chi connectivity index (χ1v) is 7.47. The topological polar surface area (TPSA) is 40.7 Å². The average molecular weight is 312 g/mol. The second kappa shape index (κ2) is 4.92. The summed E-state index contributed by atoms with van der Waals surface area (Å²) in [5.74, 6) is 1.93. The largest absolute Gasteiger partial charge is 0.340 e. The maximum atomic E-state index is 4.39. The molecule has 5 heteroatoms. The molecule has 0 aromatic carbocycles. The average Bonchev–Trinajstić information content (AvgIpc) is 2.85. The number of thiophene rings is 1. The van der Waals surface area contributed by atoms with Crippen molar-refractivity contribution < 1.29 is 0 Å². The molecule has 3 rings (SSSR count). The lowest BCUT2D eigenvalue weighted by Crippen LogP contribution is -2.16. The lowest BCUT2D eigenvalue weighted by atomic mass is 10.4. The van der Waals surface area contributed by atoms with E-state index in [1.54, 1.807) is 11.3 Å². The van der Waals surface area contributed by atoms with Gasteiger partial charge in [-0.05, 0) is 47.3 Å². The highest BCUT2D eigenvalue weighted by Gasteiger charge is 2.20. The number of halogens is 1. The molecule has 0 saturated heterocycles. The van der Waals surface area contributed by atoms with Crippen molar-refractivity contribution in [2.75, 3.05) is 6.54 Å². The zero-order valence-corrected chi connectivity index (χ0v) is 11.8. The second-order valence-corrected chi connectivity index (χ2v) is 6.27.